The molecule has 32 heavy (non-hydrogen) atoms. The lowest BCUT2D eigenvalue weighted by Gasteiger charge is -2.10. The van der Waals surface area contributed by atoms with Gasteiger partial charge in [-0.3, -0.25) is 4.57 Å². The molecule has 1 fully saturated rings. The Morgan fingerprint density at radius 2 is 1.94 bits per heavy atom. The zero-order valence-electron chi connectivity index (χ0n) is 17.3. The summed E-state index contributed by atoms with van der Waals surface area (Å²) < 4.78 is 18.6. The van der Waals surface area contributed by atoms with E-state index in [9.17, 15) is 0 Å². The highest BCUT2D eigenvalue weighted by molar-refractivity contribution is 7.98. The van der Waals surface area contributed by atoms with Crippen LogP contribution in [-0.4, -0.2) is 32.0 Å². The largest absolute Gasteiger partial charge is 0.497 e. The number of rotatable bonds is 9. The Morgan fingerprint density at radius 3 is 2.69 bits per heavy atom. The van der Waals surface area contributed by atoms with E-state index in [0.29, 0.717) is 40.9 Å². The van der Waals surface area contributed by atoms with Crippen LogP contribution in [0.5, 0.6) is 11.5 Å². The van der Waals surface area contributed by atoms with Gasteiger partial charge >= 0.3 is 0 Å². The second kappa shape index (κ2) is 9.22. The zero-order chi connectivity index (χ0) is 21.9. The first-order valence-electron chi connectivity index (χ1n) is 10.1. The van der Waals surface area contributed by atoms with Crippen molar-refractivity contribution in [2.24, 2.45) is 0 Å². The Kier molecular flexibility index (Phi) is 6.00. The molecule has 10 heteroatoms. The second-order valence-electron chi connectivity index (χ2n) is 7.25. The molecule has 1 saturated carbocycles. The number of para-hydroxylation sites is 1. The third-order valence-corrected chi connectivity index (χ3v) is 6.22. The predicted molar refractivity (Wildman–Crippen MR) is 120 cm³/mol. The summed E-state index contributed by atoms with van der Waals surface area (Å²) in [6.07, 6.45) is 2.21. The smallest absolute Gasteiger partial charge is 0.237 e. The van der Waals surface area contributed by atoms with Crippen molar-refractivity contribution in [2.75, 3.05) is 7.11 Å². The number of aromatic nitrogens is 5. The van der Waals surface area contributed by atoms with Crippen molar-refractivity contribution in [3.63, 3.8) is 0 Å². The fourth-order valence-electron chi connectivity index (χ4n) is 3.20. The number of thioether (sulfide) groups is 1. The molecule has 2 aromatic heterocycles. The van der Waals surface area contributed by atoms with Gasteiger partial charge in [-0.25, -0.2) is 0 Å². The molecule has 4 aromatic rings. The molecule has 1 aliphatic rings. The molecule has 0 amide bonds. The Bertz CT molecular complexity index is 1210. The summed E-state index contributed by atoms with van der Waals surface area (Å²) in [5.41, 5.74) is 0.867. The third kappa shape index (κ3) is 4.58. The van der Waals surface area contributed by atoms with E-state index >= 15 is 0 Å². The normalized spacial score (nSPS) is 13.3. The standard InChI is InChI=1S/C22H20ClN5O3S/c1-29-16-10-6-14(7-11-16)21-24-20(31-27-21)13-32-22-26-25-19(28(22)15-8-9-15)12-30-18-5-3-2-4-17(18)23/h2-7,10-11,15H,8-9,12-13H2,1H3. The molecule has 164 valence electrons. The molecule has 0 saturated heterocycles. The van der Waals surface area contributed by atoms with E-state index in [1.165, 1.54) is 11.8 Å². The summed E-state index contributed by atoms with van der Waals surface area (Å²) in [5, 5.41) is 14.2. The first-order chi connectivity index (χ1) is 15.7. The topological polar surface area (TPSA) is 88.1 Å². The SMILES string of the molecule is COc1ccc(-c2noc(CSc3nnc(COc4ccccc4Cl)n3C3CC3)n2)cc1. The quantitative estimate of drug-likeness (QED) is 0.309. The minimum absolute atomic E-state index is 0.302. The van der Waals surface area contributed by atoms with Crippen LogP contribution in [0.1, 0.15) is 30.6 Å². The van der Waals surface area contributed by atoms with Gasteiger partial charge in [0, 0.05) is 11.6 Å². The van der Waals surface area contributed by atoms with Gasteiger partial charge in [-0.1, -0.05) is 40.7 Å². The van der Waals surface area contributed by atoms with E-state index in [2.05, 4.69) is 24.9 Å². The van der Waals surface area contributed by atoms with Crippen LogP contribution in [0.3, 0.4) is 0 Å². The molecule has 0 atom stereocenters. The van der Waals surface area contributed by atoms with Gasteiger partial charge in [-0.2, -0.15) is 4.98 Å². The number of hydrogen-bond acceptors (Lipinski definition) is 8. The van der Waals surface area contributed by atoms with Crippen molar-refractivity contribution in [3.8, 4) is 22.9 Å². The predicted octanol–water partition coefficient (Wildman–Crippen LogP) is 5.20. The second-order valence-corrected chi connectivity index (χ2v) is 8.60. The first kappa shape index (κ1) is 20.8. The van der Waals surface area contributed by atoms with Gasteiger partial charge in [0.2, 0.25) is 11.7 Å². The molecule has 8 nitrogen and oxygen atoms in total. The van der Waals surface area contributed by atoms with Gasteiger partial charge < -0.3 is 14.0 Å². The molecule has 1 aliphatic carbocycles. The Labute approximate surface area is 193 Å². The number of ether oxygens (including phenoxy) is 2. The van der Waals surface area contributed by atoms with Crippen LogP contribution in [0.2, 0.25) is 5.02 Å². The molecule has 0 bridgehead atoms. The van der Waals surface area contributed by atoms with Gasteiger partial charge in [0.05, 0.1) is 17.9 Å². The highest BCUT2D eigenvalue weighted by Gasteiger charge is 2.30. The Morgan fingerprint density at radius 1 is 1.12 bits per heavy atom. The number of nitrogens with zero attached hydrogens (tertiary/aromatic N) is 5. The minimum atomic E-state index is 0.302. The van der Waals surface area contributed by atoms with Crippen LogP contribution in [-0.2, 0) is 12.4 Å². The van der Waals surface area contributed by atoms with Crippen LogP contribution in [0.25, 0.3) is 11.4 Å². The highest BCUT2D eigenvalue weighted by Crippen LogP contribution is 2.39. The first-order valence-corrected chi connectivity index (χ1v) is 11.5. The van der Waals surface area contributed by atoms with E-state index < -0.39 is 0 Å². The molecule has 2 heterocycles. The van der Waals surface area contributed by atoms with Crippen molar-refractivity contribution in [1.29, 1.82) is 0 Å². The maximum absolute atomic E-state index is 6.19. The van der Waals surface area contributed by atoms with E-state index in [-0.39, 0.29) is 0 Å². The summed E-state index contributed by atoms with van der Waals surface area (Å²) in [6.45, 7) is 0.302. The van der Waals surface area contributed by atoms with Crippen molar-refractivity contribution in [3.05, 3.63) is 65.3 Å². The average Bonchev–Trinajstić information content (AvgIpc) is 3.40. The fourth-order valence-corrected chi connectivity index (χ4v) is 4.26. The molecular weight excluding hydrogens is 450 g/mol. The number of benzene rings is 2. The van der Waals surface area contributed by atoms with Crippen LogP contribution in [0, 0.1) is 0 Å². The molecule has 5 rings (SSSR count). The lowest BCUT2D eigenvalue weighted by Crippen LogP contribution is -2.07. The fraction of sp³-hybridized carbons (Fsp3) is 0.273. The summed E-state index contributed by atoms with van der Waals surface area (Å²) in [7, 11) is 1.63. The van der Waals surface area contributed by atoms with E-state index in [1.54, 1.807) is 13.2 Å². The summed E-state index contributed by atoms with van der Waals surface area (Å²) in [4.78, 5) is 4.50. The van der Waals surface area contributed by atoms with Gasteiger partial charge in [0.25, 0.3) is 0 Å². The van der Waals surface area contributed by atoms with Crippen molar-refractivity contribution in [1.82, 2.24) is 24.9 Å². The monoisotopic (exact) mass is 469 g/mol. The molecule has 0 radical (unpaired) electrons. The number of hydrogen-bond donors (Lipinski definition) is 0. The van der Waals surface area contributed by atoms with E-state index in [1.807, 2.05) is 42.5 Å². The molecule has 0 unspecified atom stereocenters. The minimum Gasteiger partial charge on any atom is -0.497 e. The van der Waals surface area contributed by atoms with Gasteiger partial charge in [0.1, 0.15) is 18.1 Å². The molecule has 0 aliphatic heterocycles. The van der Waals surface area contributed by atoms with E-state index in [4.69, 9.17) is 25.6 Å². The molecule has 0 N–H and O–H groups in total. The molecule has 0 spiro atoms. The van der Waals surface area contributed by atoms with Crippen LogP contribution in [0.4, 0.5) is 0 Å². The highest BCUT2D eigenvalue weighted by atomic mass is 35.5. The average molecular weight is 470 g/mol. The Balaban J connectivity index is 1.26. The van der Waals surface area contributed by atoms with E-state index in [0.717, 1.165) is 35.1 Å². The summed E-state index contributed by atoms with van der Waals surface area (Å²) in [5.74, 6) is 3.76. The van der Waals surface area contributed by atoms with Gasteiger partial charge in [-0.05, 0) is 49.2 Å². The van der Waals surface area contributed by atoms with Crippen LogP contribution < -0.4 is 9.47 Å². The van der Waals surface area contributed by atoms with Gasteiger partial charge in [-0.15, -0.1) is 10.2 Å². The zero-order valence-corrected chi connectivity index (χ0v) is 18.8. The lowest BCUT2D eigenvalue weighted by atomic mass is 10.2. The van der Waals surface area contributed by atoms with Crippen molar-refractivity contribution < 1.29 is 14.0 Å². The van der Waals surface area contributed by atoms with Gasteiger partial charge in [0.15, 0.2) is 11.0 Å². The maximum Gasteiger partial charge on any atom is 0.237 e. The molecule has 2 aromatic carbocycles. The van der Waals surface area contributed by atoms with Crippen molar-refractivity contribution in [2.45, 2.75) is 36.4 Å². The summed E-state index contributed by atoms with van der Waals surface area (Å²) in [6, 6.07) is 15.3. The summed E-state index contributed by atoms with van der Waals surface area (Å²) >= 11 is 7.71. The third-order valence-electron chi connectivity index (χ3n) is 4.98. The lowest BCUT2D eigenvalue weighted by molar-refractivity contribution is 0.288. The van der Waals surface area contributed by atoms with Crippen LogP contribution in [0.15, 0.2) is 58.2 Å². The number of halogens is 1. The molecular formula is C22H20ClN5O3S. The maximum atomic E-state index is 6.19. The Hall–Kier alpha value is -3.04. The number of methoxy groups -OCH3 is 1. The van der Waals surface area contributed by atoms with Crippen LogP contribution >= 0.6 is 23.4 Å². The van der Waals surface area contributed by atoms with Crippen molar-refractivity contribution >= 4 is 23.4 Å².